The fraction of sp³-hybridized carbons (Fsp3) is 0.562. The Morgan fingerprint density at radius 1 is 1.21 bits per heavy atom. The van der Waals surface area contributed by atoms with Gasteiger partial charge in [-0.3, -0.25) is 10.1 Å². The van der Waals surface area contributed by atoms with Crippen LogP contribution in [0.5, 0.6) is 0 Å². The monoisotopic (exact) mass is 263 g/mol. The molecule has 0 saturated carbocycles. The van der Waals surface area contributed by atoms with E-state index in [1.165, 1.54) is 5.56 Å². The number of benzene rings is 1. The molecular weight excluding hydrogens is 238 g/mol. The topological polar surface area (TPSA) is 38.3 Å². The van der Waals surface area contributed by atoms with Crippen molar-refractivity contribution in [3.05, 3.63) is 35.9 Å². The molecular formula is C16H25NO2. The van der Waals surface area contributed by atoms with Crippen molar-refractivity contribution in [1.82, 2.24) is 5.32 Å². The predicted molar refractivity (Wildman–Crippen MR) is 77.9 cm³/mol. The van der Waals surface area contributed by atoms with Crippen LogP contribution in [0.15, 0.2) is 30.3 Å². The van der Waals surface area contributed by atoms with Crippen molar-refractivity contribution in [2.24, 2.45) is 0 Å². The molecule has 0 bridgehead atoms. The second-order valence-electron chi connectivity index (χ2n) is 4.63. The number of rotatable bonds is 8. The van der Waals surface area contributed by atoms with E-state index in [0.717, 1.165) is 19.3 Å². The highest BCUT2D eigenvalue weighted by molar-refractivity contribution is 5.75. The Morgan fingerprint density at radius 3 is 2.42 bits per heavy atom. The molecule has 0 spiro atoms. The summed E-state index contributed by atoms with van der Waals surface area (Å²) < 4.78 is 5.14. The van der Waals surface area contributed by atoms with Gasteiger partial charge < -0.3 is 4.74 Å². The van der Waals surface area contributed by atoms with E-state index in [4.69, 9.17) is 4.74 Å². The molecule has 0 fully saturated rings. The molecule has 2 unspecified atom stereocenters. The SMILES string of the molecule is CCCC(NC(CC)c1ccccc1)C(=O)OCC. The molecule has 1 rings (SSSR count). The normalized spacial score (nSPS) is 13.8. The van der Waals surface area contributed by atoms with Gasteiger partial charge in [0.1, 0.15) is 6.04 Å². The molecule has 0 heterocycles. The molecule has 0 aliphatic carbocycles. The summed E-state index contributed by atoms with van der Waals surface area (Å²) in [5.41, 5.74) is 1.22. The molecule has 1 aromatic rings. The van der Waals surface area contributed by atoms with Gasteiger partial charge in [-0.15, -0.1) is 0 Å². The van der Waals surface area contributed by atoms with Gasteiger partial charge in [-0.2, -0.15) is 0 Å². The maximum Gasteiger partial charge on any atom is 0.323 e. The molecule has 1 N–H and O–H groups in total. The van der Waals surface area contributed by atoms with Gasteiger partial charge in [-0.25, -0.2) is 0 Å². The van der Waals surface area contributed by atoms with Gasteiger partial charge in [0.25, 0.3) is 0 Å². The zero-order valence-electron chi connectivity index (χ0n) is 12.2. The standard InChI is InChI=1S/C16H25NO2/c1-4-10-15(16(18)19-6-3)17-14(5-2)13-11-8-7-9-12-13/h7-9,11-12,14-15,17H,4-6,10H2,1-3H3. The molecule has 19 heavy (non-hydrogen) atoms. The zero-order valence-corrected chi connectivity index (χ0v) is 12.2. The first kappa shape index (κ1) is 15.7. The van der Waals surface area contributed by atoms with Crippen LogP contribution in [0.2, 0.25) is 0 Å². The minimum absolute atomic E-state index is 0.140. The average Bonchev–Trinajstić information content (AvgIpc) is 2.44. The van der Waals surface area contributed by atoms with Crippen molar-refractivity contribution in [3.63, 3.8) is 0 Å². The molecule has 0 aliphatic heterocycles. The number of nitrogens with one attached hydrogen (secondary N) is 1. The van der Waals surface area contributed by atoms with Crippen LogP contribution in [0.3, 0.4) is 0 Å². The van der Waals surface area contributed by atoms with Crippen molar-refractivity contribution >= 4 is 5.97 Å². The summed E-state index contributed by atoms with van der Waals surface area (Å²) in [6, 6.07) is 10.2. The minimum Gasteiger partial charge on any atom is -0.465 e. The van der Waals surface area contributed by atoms with Crippen LogP contribution in [0.4, 0.5) is 0 Å². The number of hydrogen-bond acceptors (Lipinski definition) is 3. The van der Waals surface area contributed by atoms with Crippen LogP contribution >= 0.6 is 0 Å². The second kappa shape index (κ2) is 8.70. The Kier molecular flexibility index (Phi) is 7.19. The Hall–Kier alpha value is -1.35. The van der Waals surface area contributed by atoms with Gasteiger partial charge in [0, 0.05) is 6.04 Å². The number of esters is 1. The highest BCUT2D eigenvalue weighted by Gasteiger charge is 2.22. The predicted octanol–water partition coefficient (Wildman–Crippen LogP) is 3.46. The Labute approximate surface area is 116 Å². The van der Waals surface area contributed by atoms with Crippen molar-refractivity contribution in [2.75, 3.05) is 6.61 Å². The first-order valence-corrected chi connectivity index (χ1v) is 7.20. The van der Waals surface area contributed by atoms with Gasteiger partial charge in [0.2, 0.25) is 0 Å². The Morgan fingerprint density at radius 2 is 1.89 bits per heavy atom. The van der Waals surface area contributed by atoms with Crippen molar-refractivity contribution in [3.8, 4) is 0 Å². The van der Waals surface area contributed by atoms with E-state index in [0.29, 0.717) is 6.61 Å². The highest BCUT2D eigenvalue weighted by atomic mass is 16.5. The molecule has 0 aliphatic rings. The lowest BCUT2D eigenvalue weighted by Crippen LogP contribution is -2.40. The third kappa shape index (κ3) is 5.03. The minimum atomic E-state index is -0.213. The smallest absolute Gasteiger partial charge is 0.323 e. The third-order valence-electron chi connectivity index (χ3n) is 3.16. The van der Waals surface area contributed by atoms with E-state index in [1.807, 2.05) is 25.1 Å². The summed E-state index contributed by atoms with van der Waals surface area (Å²) in [6.45, 7) is 6.48. The van der Waals surface area contributed by atoms with E-state index >= 15 is 0 Å². The molecule has 0 amide bonds. The van der Waals surface area contributed by atoms with Crippen LogP contribution in [-0.4, -0.2) is 18.6 Å². The summed E-state index contributed by atoms with van der Waals surface area (Å²) in [7, 11) is 0. The number of carbonyl (C=O) groups is 1. The summed E-state index contributed by atoms with van der Waals surface area (Å²) >= 11 is 0. The Bertz CT molecular complexity index is 364. The van der Waals surface area contributed by atoms with Gasteiger partial charge in [-0.05, 0) is 25.3 Å². The fourth-order valence-corrected chi connectivity index (χ4v) is 2.18. The maximum atomic E-state index is 11.9. The van der Waals surface area contributed by atoms with Crippen molar-refractivity contribution < 1.29 is 9.53 Å². The van der Waals surface area contributed by atoms with Gasteiger partial charge >= 0.3 is 5.97 Å². The highest BCUT2D eigenvalue weighted by Crippen LogP contribution is 2.18. The molecule has 106 valence electrons. The van der Waals surface area contributed by atoms with E-state index in [-0.39, 0.29) is 18.1 Å². The van der Waals surface area contributed by atoms with Gasteiger partial charge in [0.15, 0.2) is 0 Å². The first-order chi connectivity index (χ1) is 9.22. The fourth-order valence-electron chi connectivity index (χ4n) is 2.18. The maximum absolute atomic E-state index is 11.9. The summed E-state index contributed by atoms with van der Waals surface area (Å²) in [5, 5.41) is 3.43. The second-order valence-corrected chi connectivity index (χ2v) is 4.63. The van der Waals surface area contributed by atoms with E-state index < -0.39 is 0 Å². The van der Waals surface area contributed by atoms with Crippen LogP contribution in [0.25, 0.3) is 0 Å². The number of carbonyl (C=O) groups excluding carboxylic acids is 1. The van der Waals surface area contributed by atoms with Crippen LogP contribution in [-0.2, 0) is 9.53 Å². The lowest BCUT2D eigenvalue weighted by Gasteiger charge is -2.24. The first-order valence-electron chi connectivity index (χ1n) is 7.20. The third-order valence-corrected chi connectivity index (χ3v) is 3.16. The molecule has 3 heteroatoms. The summed E-state index contributed by atoms with van der Waals surface area (Å²) in [5.74, 6) is -0.140. The Balaban J connectivity index is 2.72. The van der Waals surface area contributed by atoms with E-state index in [9.17, 15) is 4.79 Å². The molecule has 0 aromatic heterocycles. The zero-order chi connectivity index (χ0) is 14.1. The number of ether oxygens (including phenoxy) is 1. The van der Waals surface area contributed by atoms with Crippen LogP contribution in [0, 0.1) is 0 Å². The van der Waals surface area contributed by atoms with Crippen molar-refractivity contribution in [1.29, 1.82) is 0 Å². The number of hydrogen-bond donors (Lipinski definition) is 1. The summed E-state index contributed by atoms with van der Waals surface area (Å²) in [4.78, 5) is 11.9. The van der Waals surface area contributed by atoms with E-state index in [2.05, 4.69) is 31.3 Å². The molecule has 1 aromatic carbocycles. The average molecular weight is 263 g/mol. The molecule has 0 saturated heterocycles. The largest absolute Gasteiger partial charge is 0.465 e. The summed E-state index contributed by atoms with van der Waals surface area (Å²) in [6.07, 6.45) is 2.72. The van der Waals surface area contributed by atoms with Crippen LogP contribution in [0.1, 0.15) is 51.6 Å². The molecule has 2 atom stereocenters. The van der Waals surface area contributed by atoms with Gasteiger partial charge in [-0.1, -0.05) is 50.6 Å². The lowest BCUT2D eigenvalue weighted by atomic mass is 10.0. The molecule has 3 nitrogen and oxygen atoms in total. The quantitative estimate of drug-likeness (QED) is 0.730. The van der Waals surface area contributed by atoms with E-state index in [1.54, 1.807) is 0 Å². The lowest BCUT2D eigenvalue weighted by molar-refractivity contribution is -0.146. The van der Waals surface area contributed by atoms with Crippen molar-refractivity contribution in [2.45, 2.75) is 52.1 Å². The molecule has 0 radical (unpaired) electrons. The van der Waals surface area contributed by atoms with Gasteiger partial charge in [0.05, 0.1) is 6.61 Å². The van der Waals surface area contributed by atoms with Crippen LogP contribution < -0.4 is 5.32 Å².